The van der Waals surface area contributed by atoms with Gasteiger partial charge in [0.15, 0.2) is 6.29 Å². The second kappa shape index (κ2) is 4.31. The van der Waals surface area contributed by atoms with Crippen LogP contribution in [-0.2, 0) is 17.6 Å². The minimum absolute atomic E-state index is 0.0190. The lowest BCUT2D eigenvalue weighted by molar-refractivity contribution is -0.131. The molecule has 3 unspecified atom stereocenters. The standard InChI is InChI=1S/C12H17NO2/c1-8(14)15-12-7-10-5-3-2-4-9(10)6-11(12)13/h2-5,8,11-12,14H,6-7,13H2,1H3. The largest absolute Gasteiger partial charge is 0.368 e. The number of aliphatic hydroxyl groups is 1. The average Bonchev–Trinajstić information content (AvgIpc) is 2.18. The highest BCUT2D eigenvalue weighted by Crippen LogP contribution is 2.22. The quantitative estimate of drug-likeness (QED) is 0.706. The molecule has 3 nitrogen and oxygen atoms in total. The number of rotatable bonds is 2. The van der Waals surface area contributed by atoms with E-state index < -0.39 is 6.29 Å². The summed E-state index contributed by atoms with van der Waals surface area (Å²) in [5.41, 5.74) is 8.59. The first kappa shape index (κ1) is 10.6. The molecule has 2 rings (SSSR count). The third-order valence-electron chi connectivity index (χ3n) is 2.84. The zero-order chi connectivity index (χ0) is 10.8. The highest BCUT2D eigenvalue weighted by atomic mass is 16.6. The summed E-state index contributed by atoms with van der Waals surface area (Å²) in [6, 6.07) is 8.23. The maximum Gasteiger partial charge on any atom is 0.152 e. The van der Waals surface area contributed by atoms with Crippen LogP contribution in [0, 0.1) is 0 Å². The summed E-state index contributed by atoms with van der Waals surface area (Å²) in [7, 11) is 0. The summed E-state index contributed by atoms with van der Waals surface area (Å²) in [6.07, 6.45) is 0.807. The van der Waals surface area contributed by atoms with Gasteiger partial charge in [0, 0.05) is 12.5 Å². The lowest BCUT2D eigenvalue weighted by atomic mass is 9.86. The third-order valence-corrected chi connectivity index (χ3v) is 2.84. The van der Waals surface area contributed by atoms with Gasteiger partial charge in [-0.05, 0) is 24.5 Å². The van der Waals surface area contributed by atoms with Gasteiger partial charge in [-0.3, -0.25) is 0 Å². The second-order valence-electron chi connectivity index (χ2n) is 4.11. The molecule has 1 aliphatic carbocycles. The Kier molecular flexibility index (Phi) is 3.05. The van der Waals surface area contributed by atoms with Gasteiger partial charge in [0.1, 0.15) is 0 Å². The summed E-state index contributed by atoms with van der Waals surface area (Å²) in [5, 5.41) is 9.19. The second-order valence-corrected chi connectivity index (χ2v) is 4.11. The van der Waals surface area contributed by atoms with E-state index in [1.165, 1.54) is 11.1 Å². The first-order chi connectivity index (χ1) is 7.16. The maximum absolute atomic E-state index is 9.19. The van der Waals surface area contributed by atoms with Crippen molar-refractivity contribution in [2.24, 2.45) is 5.73 Å². The van der Waals surface area contributed by atoms with Crippen LogP contribution in [0.2, 0.25) is 0 Å². The topological polar surface area (TPSA) is 55.5 Å². The summed E-state index contributed by atoms with van der Waals surface area (Å²) < 4.78 is 5.39. The summed E-state index contributed by atoms with van der Waals surface area (Å²) >= 11 is 0. The van der Waals surface area contributed by atoms with Gasteiger partial charge in [-0.25, -0.2) is 0 Å². The fourth-order valence-electron chi connectivity index (χ4n) is 2.11. The molecule has 0 spiro atoms. The highest BCUT2D eigenvalue weighted by molar-refractivity contribution is 5.31. The van der Waals surface area contributed by atoms with Crippen LogP contribution in [0.5, 0.6) is 0 Å². The number of fused-ring (bicyclic) bond motifs is 1. The van der Waals surface area contributed by atoms with Crippen LogP contribution in [0.25, 0.3) is 0 Å². The van der Waals surface area contributed by atoms with E-state index in [2.05, 4.69) is 12.1 Å². The Balaban J connectivity index is 2.14. The molecule has 0 amide bonds. The molecular formula is C12H17NO2. The Labute approximate surface area is 89.9 Å². The molecule has 3 atom stereocenters. The van der Waals surface area contributed by atoms with E-state index in [4.69, 9.17) is 10.5 Å². The Bertz CT molecular complexity index is 338. The van der Waals surface area contributed by atoms with Crippen molar-refractivity contribution in [3.05, 3.63) is 35.4 Å². The van der Waals surface area contributed by atoms with Gasteiger partial charge in [-0.15, -0.1) is 0 Å². The fourth-order valence-corrected chi connectivity index (χ4v) is 2.11. The smallest absolute Gasteiger partial charge is 0.152 e. The number of ether oxygens (including phenoxy) is 1. The Hall–Kier alpha value is -0.900. The minimum atomic E-state index is -0.744. The van der Waals surface area contributed by atoms with Gasteiger partial charge in [-0.2, -0.15) is 0 Å². The summed E-state index contributed by atoms with van der Waals surface area (Å²) in [5.74, 6) is 0. The molecular weight excluding hydrogens is 190 g/mol. The van der Waals surface area contributed by atoms with Crippen molar-refractivity contribution < 1.29 is 9.84 Å². The first-order valence-corrected chi connectivity index (χ1v) is 5.32. The van der Waals surface area contributed by atoms with Crippen LogP contribution < -0.4 is 5.73 Å². The maximum atomic E-state index is 9.19. The molecule has 1 aromatic carbocycles. The normalized spacial score (nSPS) is 27.1. The zero-order valence-corrected chi connectivity index (χ0v) is 8.89. The van der Waals surface area contributed by atoms with Crippen molar-refractivity contribution in [2.45, 2.75) is 38.2 Å². The van der Waals surface area contributed by atoms with E-state index in [1.54, 1.807) is 6.92 Å². The van der Waals surface area contributed by atoms with Crippen molar-refractivity contribution >= 4 is 0 Å². The van der Waals surface area contributed by atoms with Crippen LogP contribution in [0.3, 0.4) is 0 Å². The van der Waals surface area contributed by atoms with Gasteiger partial charge in [0.2, 0.25) is 0 Å². The molecule has 3 heteroatoms. The molecule has 0 saturated heterocycles. The Morgan fingerprint density at radius 3 is 2.53 bits per heavy atom. The SMILES string of the molecule is CC(O)OC1Cc2ccccc2CC1N. The molecule has 1 aromatic rings. The predicted molar refractivity (Wildman–Crippen MR) is 58.4 cm³/mol. The van der Waals surface area contributed by atoms with Crippen LogP contribution >= 0.6 is 0 Å². The van der Waals surface area contributed by atoms with Crippen molar-refractivity contribution in [2.75, 3.05) is 0 Å². The molecule has 15 heavy (non-hydrogen) atoms. The van der Waals surface area contributed by atoms with E-state index in [1.807, 2.05) is 12.1 Å². The van der Waals surface area contributed by atoms with Crippen molar-refractivity contribution in [3.8, 4) is 0 Å². The number of benzene rings is 1. The Morgan fingerprint density at radius 1 is 1.33 bits per heavy atom. The molecule has 3 N–H and O–H groups in total. The number of aliphatic hydroxyl groups excluding tert-OH is 1. The number of hydrogen-bond donors (Lipinski definition) is 2. The van der Waals surface area contributed by atoms with Crippen molar-refractivity contribution in [1.29, 1.82) is 0 Å². The van der Waals surface area contributed by atoms with Crippen molar-refractivity contribution in [3.63, 3.8) is 0 Å². The van der Waals surface area contributed by atoms with Gasteiger partial charge in [0.25, 0.3) is 0 Å². The van der Waals surface area contributed by atoms with E-state index in [-0.39, 0.29) is 12.1 Å². The van der Waals surface area contributed by atoms with Gasteiger partial charge in [-0.1, -0.05) is 24.3 Å². The van der Waals surface area contributed by atoms with E-state index in [9.17, 15) is 5.11 Å². The highest BCUT2D eigenvalue weighted by Gasteiger charge is 2.27. The number of nitrogens with two attached hydrogens (primary N) is 1. The van der Waals surface area contributed by atoms with E-state index in [0.717, 1.165) is 12.8 Å². The van der Waals surface area contributed by atoms with Crippen LogP contribution in [-0.4, -0.2) is 23.5 Å². The van der Waals surface area contributed by atoms with Gasteiger partial charge in [0.05, 0.1) is 6.10 Å². The predicted octanol–water partition coefficient (Wildman–Crippen LogP) is 0.836. The van der Waals surface area contributed by atoms with Crippen LogP contribution in [0.1, 0.15) is 18.1 Å². The molecule has 0 radical (unpaired) electrons. The monoisotopic (exact) mass is 207 g/mol. The molecule has 82 valence electrons. The van der Waals surface area contributed by atoms with Crippen LogP contribution in [0.4, 0.5) is 0 Å². The summed E-state index contributed by atoms with van der Waals surface area (Å²) in [6.45, 7) is 1.62. The summed E-state index contributed by atoms with van der Waals surface area (Å²) in [4.78, 5) is 0. The lowest BCUT2D eigenvalue weighted by Crippen LogP contribution is -2.44. The first-order valence-electron chi connectivity index (χ1n) is 5.32. The fraction of sp³-hybridized carbons (Fsp3) is 0.500. The number of hydrogen-bond acceptors (Lipinski definition) is 3. The molecule has 0 heterocycles. The average molecular weight is 207 g/mol. The molecule has 0 bridgehead atoms. The van der Waals surface area contributed by atoms with Crippen molar-refractivity contribution in [1.82, 2.24) is 0 Å². The molecule has 0 saturated carbocycles. The van der Waals surface area contributed by atoms with E-state index in [0.29, 0.717) is 0 Å². The van der Waals surface area contributed by atoms with Gasteiger partial charge < -0.3 is 15.6 Å². The molecule has 0 fully saturated rings. The Morgan fingerprint density at radius 2 is 1.93 bits per heavy atom. The van der Waals surface area contributed by atoms with Crippen LogP contribution in [0.15, 0.2) is 24.3 Å². The molecule has 0 aliphatic heterocycles. The molecule has 1 aliphatic rings. The molecule has 0 aromatic heterocycles. The zero-order valence-electron chi connectivity index (χ0n) is 8.89. The van der Waals surface area contributed by atoms with Gasteiger partial charge >= 0.3 is 0 Å². The minimum Gasteiger partial charge on any atom is -0.368 e. The van der Waals surface area contributed by atoms with E-state index >= 15 is 0 Å². The lowest BCUT2D eigenvalue weighted by Gasteiger charge is -2.31. The third kappa shape index (κ3) is 2.37.